The van der Waals surface area contributed by atoms with E-state index in [1.54, 1.807) is 0 Å². The van der Waals surface area contributed by atoms with Gasteiger partial charge in [0.25, 0.3) is 0 Å². The van der Waals surface area contributed by atoms with Crippen LogP contribution in [0.2, 0.25) is 0 Å². The number of pyridine rings is 1. The average Bonchev–Trinajstić information content (AvgIpc) is 2.61. The number of rotatable bonds is 4. The van der Waals surface area contributed by atoms with E-state index >= 15 is 0 Å². The lowest BCUT2D eigenvalue weighted by atomic mass is 10.3. The van der Waals surface area contributed by atoms with Crippen LogP contribution in [-0.4, -0.2) is 39.6 Å². The molecule has 0 saturated carbocycles. The summed E-state index contributed by atoms with van der Waals surface area (Å²) in [6.45, 7) is 7.08. The SMILES string of the molecule is CCN(C)CCn1c(=S)[nH]c2cc(C)cnc21. The van der Waals surface area contributed by atoms with E-state index in [4.69, 9.17) is 12.2 Å². The highest BCUT2D eigenvalue weighted by atomic mass is 32.1. The van der Waals surface area contributed by atoms with E-state index in [1.807, 2.05) is 13.1 Å². The molecule has 0 aliphatic rings. The molecule has 0 bridgehead atoms. The van der Waals surface area contributed by atoms with Crippen molar-refractivity contribution in [2.24, 2.45) is 0 Å². The number of aromatic nitrogens is 3. The fourth-order valence-electron chi connectivity index (χ4n) is 1.78. The van der Waals surface area contributed by atoms with Crippen LogP contribution in [0.15, 0.2) is 12.3 Å². The van der Waals surface area contributed by atoms with Gasteiger partial charge in [-0.2, -0.15) is 0 Å². The van der Waals surface area contributed by atoms with Crippen molar-refractivity contribution in [3.8, 4) is 0 Å². The average molecular weight is 250 g/mol. The third-order valence-corrected chi connectivity index (χ3v) is 3.31. The number of aryl methyl sites for hydroxylation is 1. The Balaban J connectivity index is 2.33. The Labute approximate surface area is 106 Å². The van der Waals surface area contributed by atoms with Gasteiger partial charge >= 0.3 is 0 Å². The zero-order valence-corrected chi connectivity index (χ0v) is 11.3. The van der Waals surface area contributed by atoms with Crippen molar-refractivity contribution in [3.63, 3.8) is 0 Å². The molecule has 1 N–H and O–H groups in total. The lowest BCUT2D eigenvalue weighted by Gasteiger charge is -2.13. The Kier molecular flexibility index (Phi) is 3.59. The van der Waals surface area contributed by atoms with E-state index in [0.29, 0.717) is 0 Å². The van der Waals surface area contributed by atoms with Gasteiger partial charge in [-0.15, -0.1) is 0 Å². The van der Waals surface area contributed by atoms with Crippen LogP contribution in [0.25, 0.3) is 11.2 Å². The molecule has 2 aromatic heterocycles. The minimum atomic E-state index is 0.752. The normalized spacial score (nSPS) is 11.5. The molecule has 0 saturated heterocycles. The summed E-state index contributed by atoms with van der Waals surface area (Å²) in [5.74, 6) is 0. The van der Waals surface area contributed by atoms with Crippen molar-refractivity contribution in [2.75, 3.05) is 20.1 Å². The Morgan fingerprint density at radius 1 is 1.53 bits per heavy atom. The van der Waals surface area contributed by atoms with Crippen LogP contribution < -0.4 is 0 Å². The van der Waals surface area contributed by atoms with E-state index < -0.39 is 0 Å². The summed E-state index contributed by atoms with van der Waals surface area (Å²) in [6, 6.07) is 2.08. The maximum Gasteiger partial charge on any atom is 0.179 e. The second-order valence-corrected chi connectivity index (χ2v) is 4.75. The molecular formula is C12H18N4S. The van der Waals surface area contributed by atoms with Crippen LogP contribution in [-0.2, 0) is 6.54 Å². The second kappa shape index (κ2) is 4.98. The highest BCUT2D eigenvalue weighted by molar-refractivity contribution is 7.71. The lowest BCUT2D eigenvalue weighted by Crippen LogP contribution is -2.22. The summed E-state index contributed by atoms with van der Waals surface area (Å²) in [7, 11) is 2.11. The first-order chi connectivity index (χ1) is 8.11. The van der Waals surface area contributed by atoms with Crippen LogP contribution in [0.1, 0.15) is 12.5 Å². The van der Waals surface area contributed by atoms with Crippen LogP contribution in [0.4, 0.5) is 0 Å². The van der Waals surface area contributed by atoms with E-state index in [-0.39, 0.29) is 0 Å². The van der Waals surface area contributed by atoms with Crippen molar-refractivity contribution in [1.29, 1.82) is 0 Å². The molecule has 2 heterocycles. The molecule has 0 atom stereocenters. The first kappa shape index (κ1) is 12.3. The molecule has 0 unspecified atom stereocenters. The molecule has 0 aromatic carbocycles. The van der Waals surface area contributed by atoms with E-state index in [2.05, 4.69) is 39.5 Å². The van der Waals surface area contributed by atoms with Gasteiger partial charge in [0.1, 0.15) is 0 Å². The summed E-state index contributed by atoms with van der Waals surface area (Å²) in [5.41, 5.74) is 3.12. The minimum absolute atomic E-state index is 0.752. The van der Waals surface area contributed by atoms with Crippen molar-refractivity contribution in [2.45, 2.75) is 20.4 Å². The summed E-state index contributed by atoms with van der Waals surface area (Å²) >= 11 is 5.33. The fraction of sp³-hybridized carbons (Fsp3) is 0.500. The number of aromatic amines is 1. The summed E-state index contributed by atoms with van der Waals surface area (Å²) in [4.78, 5) is 9.92. The zero-order chi connectivity index (χ0) is 12.4. The maximum atomic E-state index is 5.33. The third-order valence-electron chi connectivity index (χ3n) is 2.99. The smallest absolute Gasteiger partial charge is 0.179 e. The van der Waals surface area contributed by atoms with Gasteiger partial charge < -0.3 is 14.5 Å². The molecule has 0 aliphatic carbocycles. The fourth-order valence-corrected chi connectivity index (χ4v) is 2.07. The molecule has 5 heteroatoms. The first-order valence-electron chi connectivity index (χ1n) is 5.85. The van der Waals surface area contributed by atoms with Gasteiger partial charge in [0.05, 0.1) is 5.52 Å². The Morgan fingerprint density at radius 3 is 3.00 bits per heavy atom. The van der Waals surface area contributed by atoms with Crippen LogP contribution in [0, 0.1) is 11.7 Å². The molecule has 2 rings (SSSR count). The van der Waals surface area contributed by atoms with E-state index in [9.17, 15) is 0 Å². The molecule has 0 aliphatic heterocycles. The van der Waals surface area contributed by atoms with Crippen molar-refractivity contribution in [3.05, 3.63) is 22.6 Å². The Hall–Kier alpha value is -1.20. The predicted molar refractivity (Wildman–Crippen MR) is 72.8 cm³/mol. The van der Waals surface area contributed by atoms with Gasteiger partial charge in [0.2, 0.25) is 0 Å². The van der Waals surface area contributed by atoms with Crippen LogP contribution >= 0.6 is 12.2 Å². The van der Waals surface area contributed by atoms with Gasteiger partial charge in [-0.25, -0.2) is 4.98 Å². The number of likely N-dealkylation sites (N-methyl/N-ethyl adjacent to an activating group) is 1. The highest BCUT2D eigenvalue weighted by Gasteiger charge is 2.06. The lowest BCUT2D eigenvalue weighted by molar-refractivity contribution is 0.336. The molecule has 0 fully saturated rings. The second-order valence-electron chi connectivity index (χ2n) is 4.36. The highest BCUT2D eigenvalue weighted by Crippen LogP contribution is 2.12. The maximum absolute atomic E-state index is 5.33. The van der Waals surface area contributed by atoms with Gasteiger partial charge in [0, 0.05) is 19.3 Å². The quantitative estimate of drug-likeness (QED) is 0.846. The number of fused-ring (bicyclic) bond motifs is 1. The van der Waals surface area contributed by atoms with Gasteiger partial charge in [-0.05, 0) is 44.4 Å². The number of hydrogen-bond donors (Lipinski definition) is 1. The summed E-state index contributed by atoms with van der Waals surface area (Å²) in [5, 5.41) is 0. The van der Waals surface area contributed by atoms with E-state index in [1.165, 1.54) is 0 Å². The number of nitrogens with zero attached hydrogens (tertiary/aromatic N) is 3. The van der Waals surface area contributed by atoms with Gasteiger partial charge in [0.15, 0.2) is 10.4 Å². The number of hydrogen-bond acceptors (Lipinski definition) is 3. The standard InChI is InChI=1S/C12H18N4S/c1-4-15(3)5-6-16-11-10(14-12(16)17)7-9(2)8-13-11/h7-8H,4-6H2,1-3H3,(H,14,17). The number of imidazole rings is 1. The Morgan fingerprint density at radius 2 is 2.29 bits per heavy atom. The van der Waals surface area contributed by atoms with Crippen LogP contribution in [0.3, 0.4) is 0 Å². The summed E-state index contributed by atoms with van der Waals surface area (Å²) < 4.78 is 2.82. The van der Waals surface area contributed by atoms with Gasteiger partial charge in [-0.1, -0.05) is 6.92 Å². The largest absolute Gasteiger partial charge is 0.329 e. The molecule has 0 spiro atoms. The molecule has 2 aromatic rings. The van der Waals surface area contributed by atoms with Crippen LogP contribution in [0.5, 0.6) is 0 Å². The first-order valence-corrected chi connectivity index (χ1v) is 6.26. The molecular weight excluding hydrogens is 232 g/mol. The third kappa shape index (κ3) is 2.56. The van der Waals surface area contributed by atoms with E-state index in [0.717, 1.165) is 41.1 Å². The van der Waals surface area contributed by atoms with Crippen molar-refractivity contribution < 1.29 is 0 Å². The molecule has 0 amide bonds. The Bertz CT molecular complexity index is 569. The summed E-state index contributed by atoms with van der Waals surface area (Å²) in [6.07, 6.45) is 1.88. The van der Waals surface area contributed by atoms with Gasteiger partial charge in [-0.3, -0.25) is 0 Å². The molecule has 0 radical (unpaired) electrons. The monoisotopic (exact) mass is 250 g/mol. The molecule has 17 heavy (non-hydrogen) atoms. The predicted octanol–water partition coefficient (Wildman–Crippen LogP) is 2.35. The zero-order valence-electron chi connectivity index (χ0n) is 10.5. The molecule has 92 valence electrons. The molecule has 4 nitrogen and oxygen atoms in total. The van der Waals surface area contributed by atoms with Crippen molar-refractivity contribution >= 4 is 23.4 Å². The topological polar surface area (TPSA) is 36.9 Å². The number of nitrogens with one attached hydrogen (secondary N) is 1. The van der Waals surface area contributed by atoms with Crippen molar-refractivity contribution in [1.82, 2.24) is 19.4 Å². The minimum Gasteiger partial charge on any atom is -0.329 e. The number of H-pyrrole nitrogens is 1.